The van der Waals surface area contributed by atoms with Crippen LogP contribution in [0.2, 0.25) is 0 Å². The number of hydrogen-bond donors (Lipinski definition) is 0. The van der Waals surface area contributed by atoms with E-state index in [1.165, 1.54) is 6.42 Å². The summed E-state index contributed by atoms with van der Waals surface area (Å²) in [7, 11) is 0. The van der Waals surface area contributed by atoms with Crippen molar-refractivity contribution in [2.24, 2.45) is 5.92 Å². The largest absolute Gasteiger partial charge is 0.0845 e. The predicted octanol–water partition coefficient (Wildman–Crippen LogP) is 3.46. The van der Waals surface area contributed by atoms with Crippen molar-refractivity contribution in [1.82, 2.24) is 0 Å². The first-order chi connectivity index (χ1) is 6.36. The summed E-state index contributed by atoms with van der Waals surface area (Å²) < 4.78 is 0. The SMILES string of the molecule is C[C@H]1C=C[C@@H]2C[C@H]1c1ccccc12. The molecular weight excluding hydrogens is 156 g/mol. The highest BCUT2D eigenvalue weighted by molar-refractivity contribution is 5.43. The average molecular weight is 170 g/mol. The molecule has 0 nitrogen and oxygen atoms in total. The van der Waals surface area contributed by atoms with E-state index in [0.29, 0.717) is 0 Å². The fourth-order valence-corrected chi connectivity index (χ4v) is 2.84. The second kappa shape index (κ2) is 2.47. The molecule has 3 atom stereocenters. The fraction of sp³-hybridized carbons (Fsp3) is 0.385. The Morgan fingerprint density at radius 3 is 2.69 bits per heavy atom. The van der Waals surface area contributed by atoms with Crippen molar-refractivity contribution in [3.63, 3.8) is 0 Å². The summed E-state index contributed by atoms with van der Waals surface area (Å²) in [6.45, 7) is 2.33. The van der Waals surface area contributed by atoms with Gasteiger partial charge in [-0.2, -0.15) is 0 Å². The van der Waals surface area contributed by atoms with Crippen molar-refractivity contribution in [2.45, 2.75) is 25.2 Å². The Balaban J connectivity index is 2.19. The van der Waals surface area contributed by atoms with Crippen LogP contribution in [0.1, 0.15) is 36.3 Å². The fourth-order valence-electron chi connectivity index (χ4n) is 2.84. The van der Waals surface area contributed by atoms with Gasteiger partial charge >= 0.3 is 0 Å². The molecule has 0 heteroatoms. The molecule has 0 aliphatic heterocycles. The number of benzene rings is 1. The number of fused-ring (bicyclic) bond motifs is 5. The Kier molecular flexibility index (Phi) is 1.40. The molecule has 1 aromatic carbocycles. The van der Waals surface area contributed by atoms with Crippen LogP contribution >= 0.6 is 0 Å². The number of hydrogen-bond acceptors (Lipinski definition) is 0. The number of allylic oxidation sites excluding steroid dienone is 2. The first-order valence-corrected chi connectivity index (χ1v) is 5.13. The molecule has 0 heterocycles. The third-order valence-electron chi connectivity index (χ3n) is 3.58. The van der Waals surface area contributed by atoms with Gasteiger partial charge in [0, 0.05) is 5.92 Å². The first-order valence-electron chi connectivity index (χ1n) is 5.13. The predicted molar refractivity (Wildman–Crippen MR) is 54.8 cm³/mol. The van der Waals surface area contributed by atoms with Crippen LogP contribution in [0.25, 0.3) is 0 Å². The monoisotopic (exact) mass is 170 g/mol. The van der Waals surface area contributed by atoms with Crippen LogP contribution in [-0.2, 0) is 0 Å². The molecule has 0 fully saturated rings. The quantitative estimate of drug-likeness (QED) is 0.523. The van der Waals surface area contributed by atoms with Crippen molar-refractivity contribution >= 4 is 0 Å². The van der Waals surface area contributed by atoms with E-state index in [2.05, 4.69) is 43.3 Å². The van der Waals surface area contributed by atoms with Gasteiger partial charge < -0.3 is 0 Å². The van der Waals surface area contributed by atoms with Gasteiger partial charge in [-0.3, -0.25) is 0 Å². The zero-order valence-corrected chi connectivity index (χ0v) is 7.90. The molecule has 0 saturated heterocycles. The van der Waals surface area contributed by atoms with Gasteiger partial charge in [0.25, 0.3) is 0 Å². The molecular formula is C13H14. The topological polar surface area (TPSA) is 0 Å². The highest BCUT2D eigenvalue weighted by Gasteiger charge is 2.34. The molecule has 0 saturated carbocycles. The molecule has 0 N–H and O–H groups in total. The van der Waals surface area contributed by atoms with Gasteiger partial charge in [0.15, 0.2) is 0 Å². The van der Waals surface area contributed by atoms with E-state index < -0.39 is 0 Å². The van der Waals surface area contributed by atoms with Crippen LogP contribution in [0.4, 0.5) is 0 Å². The van der Waals surface area contributed by atoms with E-state index in [4.69, 9.17) is 0 Å². The molecule has 2 aliphatic rings. The second-order valence-electron chi connectivity index (χ2n) is 4.32. The smallest absolute Gasteiger partial charge is 0.00269 e. The lowest BCUT2D eigenvalue weighted by Gasteiger charge is -2.20. The third kappa shape index (κ3) is 0.918. The van der Waals surface area contributed by atoms with E-state index in [1.54, 1.807) is 11.1 Å². The Morgan fingerprint density at radius 1 is 1.08 bits per heavy atom. The van der Waals surface area contributed by atoms with Crippen molar-refractivity contribution in [3.05, 3.63) is 47.5 Å². The average Bonchev–Trinajstić information content (AvgIpc) is 2.48. The molecule has 0 amide bonds. The summed E-state index contributed by atoms with van der Waals surface area (Å²) in [5.41, 5.74) is 3.18. The van der Waals surface area contributed by atoms with E-state index in [-0.39, 0.29) is 0 Å². The van der Waals surface area contributed by atoms with Gasteiger partial charge in [0.2, 0.25) is 0 Å². The minimum atomic E-state index is 0.720. The lowest BCUT2D eigenvalue weighted by Crippen LogP contribution is -2.07. The number of rotatable bonds is 0. The molecule has 13 heavy (non-hydrogen) atoms. The van der Waals surface area contributed by atoms with Crippen molar-refractivity contribution in [1.29, 1.82) is 0 Å². The standard InChI is InChI=1S/C13H14/c1-9-6-7-10-8-13(9)12-5-3-2-4-11(10)12/h2-7,9-10,13H,8H2,1H3/t9-,10+,13+/m0/s1. The Hall–Kier alpha value is -1.04. The van der Waals surface area contributed by atoms with E-state index in [0.717, 1.165) is 17.8 Å². The lowest BCUT2D eigenvalue weighted by atomic mass is 9.84. The van der Waals surface area contributed by atoms with Gasteiger partial charge in [-0.25, -0.2) is 0 Å². The summed E-state index contributed by atoms with van der Waals surface area (Å²) in [5, 5.41) is 0. The van der Waals surface area contributed by atoms with Crippen LogP contribution < -0.4 is 0 Å². The molecule has 2 bridgehead atoms. The lowest BCUT2D eigenvalue weighted by molar-refractivity contribution is 0.504. The summed E-state index contributed by atoms with van der Waals surface area (Å²) in [6.07, 6.45) is 6.13. The maximum Gasteiger partial charge on any atom is 0.00269 e. The molecule has 3 rings (SSSR count). The Morgan fingerprint density at radius 2 is 1.85 bits per heavy atom. The maximum atomic E-state index is 2.40. The van der Waals surface area contributed by atoms with Gasteiger partial charge in [0.05, 0.1) is 0 Å². The summed E-state index contributed by atoms with van der Waals surface area (Å²) in [6, 6.07) is 8.94. The second-order valence-corrected chi connectivity index (χ2v) is 4.32. The Bertz CT molecular complexity index is 362. The highest BCUT2D eigenvalue weighted by atomic mass is 14.4. The van der Waals surface area contributed by atoms with Crippen LogP contribution in [0.5, 0.6) is 0 Å². The molecule has 1 aromatic rings. The van der Waals surface area contributed by atoms with Crippen LogP contribution in [0.3, 0.4) is 0 Å². The van der Waals surface area contributed by atoms with E-state index >= 15 is 0 Å². The van der Waals surface area contributed by atoms with Gasteiger partial charge in [-0.15, -0.1) is 0 Å². The summed E-state index contributed by atoms with van der Waals surface area (Å²) in [5.74, 6) is 2.25. The van der Waals surface area contributed by atoms with E-state index in [1.807, 2.05) is 0 Å². The minimum Gasteiger partial charge on any atom is -0.0845 e. The van der Waals surface area contributed by atoms with Crippen LogP contribution in [-0.4, -0.2) is 0 Å². The van der Waals surface area contributed by atoms with Crippen LogP contribution in [0, 0.1) is 5.92 Å². The molecule has 0 radical (unpaired) electrons. The summed E-state index contributed by atoms with van der Waals surface area (Å²) in [4.78, 5) is 0. The third-order valence-corrected chi connectivity index (χ3v) is 3.58. The molecule has 0 spiro atoms. The Labute approximate surface area is 79.3 Å². The van der Waals surface area contributed by atoms with Crippen molar-refractivity contribution in [2.75, 3.05) is 0 Å². The minimum absolute atomic E-state index is 0.720. The zero-order valence-electron chi connectivity index (χ0n) is 7.90. The normalized spacial score (nSPS) is 34.7. The van der Waals surface area contributed by atoms with Crippen molar-refractivity contribution < 1.29 is 0 Å². The van der Waals surface area contributed by atoms with Gasteiger partial charge in [-0.05, 0) is 29.4 Å². The van der Waals surface area contributed by atoms with E-state index in [9.17, 15) is 0 Å². The maximum absolute atomic E-state index is 2.40. The molecule has 0 unspecified atom stereocenters. The molecule has 2 aliphatic carbocycles. The van der Waals surface area contributed by atoms with Crippen LogP contribution in [0.15, 0.2) is 36.4 Å². The molecule has 0 aromatic heterocycles. The van der Waals surface area contributed by atoms with Gasteiger partial charge in [-0.1, -0.05) is 43.3 Å². The highest BCUT2D eigenvalue weighted by Crippen LogP contribution is 2.49. The summed E-state index contributed by atoms with van der Waals surface area (Å²) >= 11 is 0. The zero-order chi connectivity index (χ0) is 8.84. The molecule has 66 valence electrons. The van der Waals surface area contributed by atoms with Gasteiger partial charge in [0.1, 0.15) is 0 Å². The first kappa shape index (κ1) is 7.37. The van der Waals surface area contributed by atoms with Crippen molar-refractivity contribution in [3.8, 4) is 0 Å².